The molecule has 0 spiro atoms. The van der Waals surface area contributed by atoms with Crippen molar-refractivity contribution in [3.63, 3.8) is 0 Å². The number of hydrogen-bond donors (Lipinski definition) is 0. The van der Waals surface area contributed by atoms with Crippen molar-refractivity contribution in [2.24, 2.45) is 0 Å². The Balaban J connectivity index is 1.79. The van der Waals surface area contributed by atoms with Crippen molar-refractivity contribution < 1.29 is 9.21 Å². The minimum absolute atomic E-state index is 0.00842. The minimum atomic E-state index is 0.00842. The molecule has 3 aromatic rings. The first kappa shape index (κ1) is 16.0. The maximum absolute atomic E-state index is 12.3. The molecule has 1 aromatic carbocycles. The fourth-order valence-electron chi connectivity index (χ4n) is 2.15. The van der Waals surface area contributed by atoms with Gasteiger partial charge in [-0.05, 0) is 31.2 Å². The van der Waals surface area contributed by atoms with Gasteiger partial charge in [0, 0.05) is 5.56 Å². The van der Waals surface area contributed by atoms with Gasteiger partial charge >= 0.3 is 0 Å². The lowest BCUT2D eigenvalue weighted by atomic mass is 10.1. The van der Waals surface area contributed by atoms with Crippen LogP contribution in [0.2, 0.25) is 0 Å². The van der Waals surface area contributed by atoms with Crippen molar-refractivity contribution in [2.75, 3.05) is 5.75 Å². The maximum Gasteiger partial charge on any atom is 0.173 e. The second-order valence-corrected chi connectivity index (χ2v) is 6.18. The Morgan fingerprint density at radius 2 is 2.00 bits per heavy atom. The first-order valence-electron chi connectivity index (χ1n) is 7.35. The molecule has 0 aliphatic heterocycles. The van der Waals surface area contributed by atoms with E-state index in [0.717, 1.165) is 5.56 Å². The molecule has 3 rings (SSSR count). The van der Waals surface area contributed by atoms with Crippen LogP contribution in [0, 0.1) is 18.3 Å². The Kier molecular flexibility index (Phi) is 4.78. The fraction of sp³-hybridized carbons (Fsp3) is 0.105. The van der Waals surface area contributed by atoms with Crippen LogP contribution in [0.5, 0.6) is 0 Å². The zero-order valence-corrected chi connectivity index (χ0v) is 13.8. The van der Waals surface area contributed by atoms with E-state index < -0.39 is 0 Å². The summed E-state index contributed by atoms with van der Waals surface area (Å²) in [5.74, 6) is 0.868. The van der Waals surface area contributed by atoms with Crippen LogP contribution in [-0.2, 0) is 0 Å². The van der Waals surface area contributed by atoms with Crippen LogP contribution in [0.4, 0.5) is 0 Å². The highest BCUT2D eigenvalue weighted by Crippen LogP contribution is 2.26. The number of thioether (sulfide) groups is 1. The number of aryl methyl sites for hydroxylation is 1. The van der Waals surface area contributed by atoms with Gasteiger partial charge in [0.15, 0.2) is 11.5 Å². The molecule has 4 nitrogen and oxygen atoms in total. The summed E-state index contributed by atoms with van der Waals surface area (Å²) in [6.07, 6.45) is 1.57. The van der Waals surface area contributed by atoms with Crippen LogP contribution < -0.4 is 0 Å². The number of nitrogens with zero attached hydrogens (tertiary/aromatic N) is 2. The predicted molar refractivity (Wildman–Crippen MR) is 92.9 cm³/mol. The fourth-order valence-corrected chi connectivity index (χ4v) is 3.02. The molecule has 2 aromatic heterocycles. The van der Waals surface area contributed by atoms with Crippen molar-refractivity contribution in [1.82, 2.24) is 4.98 Å². The second-order valence-electron chi connectivity index (χ2n) is 5.22. The molecule has 0 N–H and O–H groups in total. The normalized spacial score (nSPS) is 10.3. The zero-order valence-electron chi connectivity index (χ0n) is 13.0. The molecule has 0 aliphatic carbocycles. The molecule has 0 saturated heterocycles. The van der Waals surface area contributed by atoms with Crippen molar-refractivity contribution in [2.45, 2.75) is 11.9 Å². The van der Waals surface area contributed by atoms with Crippen LogP contribution in [0.3, 0.4) is 0 Å². The van der Waals surface area contributed by atoms with Crippen molar-refractivity contribution in [3.05, 3.63) is 71.5 Å². The van der Waals surface area contributed by atoms with Gasteiger partial charge in [0.05, 0.1) is 17.6 Å². The summed E-state index contributed by atoms with van der Waals surface area (Å²) in [4.78, 5) is 16.8. The number of furan rings is 1. The first-order chi connectivity index (χ1) is 11.7. The standard InChI is InChI=1S/C19H14N2O2S/c1-13-4-6-14(7-5-13)17(22)12-24-19-15(11-20)8-9-16(21-19)18-3-2-10-23-18/h2-10H,12H2,1H3. The van der Waals surface area contributed by atoms with Gasteiger partial charge in [-0.1, -0.05) is 41.6 Å². The Morgan fingerprint density at radius 3 is 2.67 bits per heavy atom. The molecule has 0 bridgehead atoms. The predicted octanol–water partition coefficient (Wildman–Crippen LogP) is 4.50. The van der Waals surface area contributed by atoms with E-state index >= 15 is 0 Å². The SMILES string of the molecule is Cc1ccc(C(=O)CSc2nc(-c3ccco3)ccc2C#N)cc1. The van der Waals surface area contributed by atoms with E-state index in [2.05, 4.69) is 11.1 Å². The van der Waals surface area contributed by atoms with E-state index in [1.165, 1.54) is 11.8 Å². The molecule has 0 radical (unpaired) electrons. The minimum Gasteiger partial charge on any atom is -0.463 e. The lowest BCUT2D eigenvalue weighted by Crippen LogP contribution is -2.03. The van der Waals surface area contributed by atoms with Crippen molar-refractivity contribution >= 4 is 17.5 Å². The van der Waals surface area contributed by atoms with Gasteiger partial charge in [0.1, 0.15) is 16.8 Å². The van der Waals surface area contributed by atoms with E-state index in [1.54, 1.807) is 30.5 Å². The number of hydrogen-bond acceptors (Lipinski definition) is 5. The van der Waals surface area contributed by atoms with E-state index in [1.807, 2.05) is 31.2 Å². The van der Waals surface area contributed by atoms with Gasteiger partial charge in [-0.2, -0.15) is 5.26 Å². The van der Waals surface area contributed by atoms with Gasteiger partial charge < -0.3 is 4.42 Å². The summed E-state index contributed by atoms with van der Waals surface area (Å²) < 4.78 is 5.33. The van der Waals surface area contributed by atoms with Crippen LogP contribution >= 0.6 is 11.8 Å². The zero-order chi connectivity index (χ0) is 16.9. The van der Waals surface area contributed by atoms with Crippen molar-refractivity contribution in [1.29, 1.82) is 5.26 Å². The van der Waals surface area contributed by atoms with Gasteiger partial charge in [-0.25, -0.2) is 4.98 Å². The average Bonchev–Trinajstić information content (AvgIpc) is 3.14. The Labute approximate surface area is 144 Å². The van der Waals surface area contributed by atoms with Crippen LogP contribution in [0.15, 0.2) is 64.2 Å². The highest BCUT2D eigenvalue weighted by atomic mass is 32.2. The topological polar surface area (TPSA) is 66.9 Å². The summed E-state index contributed by atoms with van der Waals surface area (Å²) in [5, 5.41) is 9.78. The van der Waals surface area contributed by atoms with Crippen LogP contribution in [-0.4, -0.2) is 16.5 Å². The molecule has 2 heterocycles. The number of carbonyl (C=O) groups excluding carboxylic acids is 1. The number of rotatable bonds is 5. The Bertz CT molecular complexity index is 894. The molecule has 0 amide bonds. The molecule has 0 saturated carbocycles. The molecule has 118 valence electrons. The Hall–Kier alpha value is -2.84. The summed E-state index contributed by atoms with van der Waals surface area (Å²) in [5.41, 5.74) is 2.86. The molecule has 0 fully saturated rings. The number of Topliss-reactive ketones (excluding diaryl/α,β-unsaturated/α-hetero) is 1. The van der Waals surface area contributed by atoms with Gasteiger partial charge in [0.25, 0.3) is 0 Å². The van der Waals surface area contributed by atoms with E-state index in [0.29, 0.717) is 27.6 Å². The summed E-state index contributed by atoms with van der Waals surface area (Å²) in [7, 11) is 0. The molecule has 0 aliphatic rings. The number of nitriles is 1. The number of benzene rings is 1. The smallest absolute Gasteiger partial charge is 0.173 e. The summed E-state index contributed by atoms with van der Waals surface area (Å²) >= 11 is 1.27. The number of carbonyl (C=O) groups is 1. The van der Waals surface area contributed by atoms with Crippen LogP contribution in [0.1, 0.15) is 21.5 Å². The monoisotopic (exact) mass is 334 g/mol. The van der Waals surface area contributed by atoms with E-state index in [4.69, 9.17) is 4.42 Å². The second kappa shape index (κ2) is 7.16. The number of pyridine rings is 1. The molecular weight excluding hydrogens is 320 g/mol. The first-order valence-corrected chi connectivity index (χ1v) is 8.33. The van der Waals surface area contributed by atoms with E-state index in [-0.39, 0.29) is 11.5 Å². The molecule has 0 atom stereocenters. The van der Waals surface area contributed by atoms with E-state index in [9.17, 15) is 10.1 Å². The summed E-state index contributed by atoms with van der Waals surface area (Å²) in [6, 6.07) is 16.6. The maximum atomic E-state index is 12.3. The lowest BCUT2D eigenvalue weighted by Gasteiger charge is -2.05. The molecule has 0 unspecified atom stereocenters. The van der Waals surface area contributed by atoms with Crippen LogP contribution in [0.25, 0.3) is 11.5 Å². The average molecular weight is 334 g/mol. The quantitative estimate of drug-likeness (QED) is 0.508. The third-order valence-corrected chi connectivity index (χ3v) is 4.46. The number of ketones is 1. The van der Waals surface area contributed by atoms with Gasteiger partial charge in [0.2, 0.25) is 0 Å². The van der Waals surface area contributed by atoms with Gasteiger partial charge in [-0.3, -0.25) is 4.79 Å². The van der Waals surface area contributed by atoms with Crippen molar-refractivity contribution in [3.8, 4) is 17.5 Å². The molecule has 5 heteroatoms. The third kappa shape index (κ3) is 3.55. The highest BCUT2D eigenvalue weighted by Gasteiger charge is 2.12. The largest absolute Gasteiger partial charge is 0.463 e. The third-order valence-electron chi connectivity index (χ3n) is 3.47. The van der Waals surface area contributed by atoms with Gasteiger partial charge in [-0.15, -0.1) is 0 Å². The summed E-state index contributed by atoms with van der Waals surface area (Å²) in [6.45, 7) is 1.98. The lowest BCUT2D eigenvalue weighted by molar-refractivity contribution is 0.102. The Morgan fingerprint density at radius 1 is 1.21 bits per heavy atom. The molecular formula is C19H14N2O2S. The molecule has 24 heavy (non-hydrogen) atoms. The number of aromatic nitrogens is 1. The highest BCUT2D eigenvalue weighted by molar-refractivity contribution is 8.00.